The van der Waals surface area contributed by atoms with Crippen LogP contribution in [0.3, 0.4) is 0 Å². The Kier molecular flexibility index (Phi) is 5.73. The van der Waals surface area contributed by atoms with E-state index in [4.69, 9.17) is 9.47 Å². The van der Waals surface area contributed by atoms with E-state index in [0.717, 1.165) is 28.6 Å². The maximum atomic E-state index is 10.6. The lowest BCUT2D eigenvalue weighted by atomic mass is 9.94. The molecule has 1 saturated carbocycles. The molecule has 0 amide bonds. The third-order valence-electron chi connectivity index (χ3n) is 3.83. The molecule has 1 atom stereocenters. The molecule has 1 aromatic rings. The maximum absolute atomic E-state index is 10.6. The van der Waals surface area contributed by atoms with Crippen molar-refractivity contribution in [3.63, 3.8) is 0 Å². The number of aliphatic hydroxyl groups is 1. The van der Waals surface area contributed by atoms with Crippen molar-refractivity contribution in [2.45, 2.75) is 45.6 Å². The summed E-state index contributed by atoms with van der Waals surface area (Å²) in [5.74, 6) is 1.80. The lowest BCUT2D eigenvalue weighted by Gasteiger charge is -2.21. The van der Waals surface area contributed by atoms with Gasteiger partial charge < -0.3 is 14.6 Å². The van der Waals surface area contributed by atoms with Crippen LogP contribution in [0.4, 0.5) is 0 Å². The van der Waals surface area contributed by atoms with Crippen LogP contribution in [0.25, 0.3) is 0 Å². The minimum atomic E-state index is -0.429. The normalized spacial score (nSPS) is 17.2. The number of hydrogen-bond donors (Lipinski definition) is 1. The Bertz CT molecular complexity index is 442. The average Bonchev–Trinajstić information content (AvgIpc) is 2.95. The fourth-order valence-corrected chi connectivity index (χ4v) is 3.40. The Morgan fingerprint density at radius 3 is 2.25 bits per heavy atom. The second-order valence-corrected chi connectivity index (χ2v) is 6.03. The number of halogens is 1. The van der Waals surface area contributed by atoms with Crippen molar-refractivity contribution in [1.29, 1.82) is 0 Å². The zero-order chi connectivity index (χ0) is 14.5. The number of hydrogen-bond acceptors (Lipinski definition) is 3. The lowest BCUT2D eigenvalue weighted by Crippen LogP contribution is -2.10. The van der Waals surface area contributed by atoms with Crippen molar-refractivity contribution in [1.82, 2.24) is 0 Å². The molecule has 1 aliphatic carbocycles. The smallest absolute Gasteiger partial charge is 0.162 e. The van der Waals surface area contributed by atoms with Gasteiger partial charge in [-0.05, 0) is 50.3 Å². The van der Waals surface area contributed by atoms with E-state index in [1.54, 1.807) is 0 Å². The van der Waals surface area contributed by atoms with Gasteiger partial charge in [0.2, 0.25) is 0 Å². The molecule has 0 spiro atoms. The van der Waals surface area contributed by atoms with Gasteiger partial charge in [0.05, 0.1) is 19.3 Å². The van der Waals surface area contributed by atoms with E-state index in [1.807, 2.05) is 26.0 Å². The second kappa shape index (κ2) is 7.32. The standard InChI is InChI=1S/C16H23BrO3/c1-3-19-14-9-12(13(17)10-15(14)20-4-2)16(18)11-7-5-6-8-11/h9-11,16,18H,3-8H2,1-2H3. The topological polar surface area (TPSA) is 38.7 Å². The summed E-state index contributed by atoms with van der Waals surface area (Å²) in [5.41, 5.74) is 0.906. The van der Waals surface area contributed by atoms with E-state index in [-0.39, 0.29) is 0 Å². The molecule has 0 bridgehead atoms. The Labute approximate surface area is 129 Å². The van der Waals surface area contributed by atoms with Gasteiger partial charge in [0.25, 0.3) is 0 Å². The van der Waals surface area contributed by atoms with Crippen LogP contribution in [0.15, 0.2) is 16.6 Å². The van der Waals surface area contributed by atoms with E-state index in [2.05, 4.69) is 15.9 Å². The molecule has 1 fully saturated rings. The third-order valence-corrected chi connectivity index (χ3v) is 4.51. The summed E-state index contributed by atoms with van der Waals surface area (Å²) in [7, 11) is 0. The van der Waals surface area contributed by atoms with Crippen LogP contribution in [0.1, 0.15) is 51.2 Å². The second-order valence-electron chi connectivity index (χ2n) is 5.18. The molecule has 3 nitrogen and oxygen atoms in total. The zero-order valence-corrected chi connectivity index (χ0v) is 13.8. The van der Waals surface area contributed by atoms with Crippen LogP contribution < -0.4 is 9.47 Å². The summed E-state index contributed by atoms with van der Waals surface area (Å²) >= 11 is 3.55. The lowest BCUT2D eigenvalue weighted by molar-refractivity contribution is 0.110. The van der Waals surface area contributed by atoms with E-state index in [0.29, 0.717) is 24.9 Å². The molecule has 0 saturated heterocycles. The molecule has 2 rings (SSSR count). The number of rotatable bonds is 6. The highest BCUT2D eigenvalue weighted by Crippen LogP contribution is 2.42. The van der Waals surface area contributed by atoms with Gasteiger partial charge in [-0.25, -0.2) is 0 Å². The molecule has 1 unspecified atom stereocenters. The van der Waals surface area contributed by atoms with Crippen molar-refractivity contribution in [3.05, 3.63) is 22.2 Å². The highest BCUT2D eigenvalue weighted by Gasteiger charge is 2.27. The minimum Gasteiger partial charge on any atom is -0.490 e. The number of aliphatic hydroxyl groups excluding tert-OH is 1. The molecule has 4 heteroatoms. The average molecular weight is 343 g/mol. The van der Waals surface area contributed by atoms with Crippen molar-refractivity contribution >= 4 is 15.9 Å². The largest absolute Gasteiger partial charge is 0.490 e. The first-order valence-electron chi connectivity index (χ1n) is 7.44. The Balaban J connectivity index is 2.29. The highest BCUT2D eigenvalue weighted by molar-refractivity contribution is 9.10. The van der Waals surface area contributed by atoms with Gasteiger partial charge in [-0.1, -0.05) is 28.8 Å². The fourth-order valence-electron chi connectivity index (χ4n) is 2.84. The van der Waals surface area contributed by atoms with Crippen molar-refractivity contribution < 1.29 is 14.6 Å². The van der Waals surface area contributed by atoms with Gasteiger partial charge in [-0.2, -0.15) is 0 Å². The quantitative estimate of drug-likeness (QED) is 0.828. The summed E-state index contributed by atoms with van der Waals surface area (Å²) < 4.78 is 12.1. The van der Waals surface area contributed by atoms with E-state index in [1.165, 1.54) is 12.8 Å². The Morgan fingerprint density at radius 1 is 1.15 bits per heavy atom. The molecule has 0 aliphatic heterocycles. The molecular weight excluding hydrogens is 320 g/mol. The van der Waals surface area contributed by atoms with E-state index in [9.17, 15) is 5.11 Å². The molecule has 0 heterocycles. The summed E-state index contributed by atoms with van der Waals surface area (Å²) in [6, 6.07) is 3.82. The predicted octanol–water partition coefficient (Wildman–Crippen LogP) is 4.47. The van der Waals surface area contributed by atoms with Gasteiger partial charge >= 0.3 is 0 Å². The van der Waals surface area contributed by atoms with Crippen LogP contribution >= 0.6 is 15.9 Å². The molecule has 20 heavy (non-hydrogen) atoms. The van der Waals surface area contributed by atoms with E-state index >= 15 is 0 Å². The van der Waals surface area contributed by atoms with Crippen LogP contribution in [0.2, 0.25) is 0 Å². The van der Waals surface area contributed by atoms with Gasteiger partial charge in [0.1, 0.15) is 0 Å². The Hall–Kier alpha value is -0.740. The third kappa shape index (κ3) is 3.47. The molecule has 0 radical (unpaired) electrons. The predicted molar refractivity (Wildman–Crippen MR) is 83.4 cm³/mol. The monoisotopic (exact) mass is 342 g/mol. The van der Waals surface area contributed by atoms with Gasteiger partial charge in [0, 0.05) is 4.47 Å². The van der Waals surface area contributed by atoms with Crippen LogP contribution in [0, 0.1) is 5.92 Å². The number of benzene rings is 1. The van der Waals surface area contributed by atoms with E-state index < -0.39 is 6.10 Å². The highest BCUT2D eigenvalue weighted by atomic mass is 79.9. The molecule has 1 aliphatic rings. The summed E-state index contributed by atoms with van der Waals surface area (Å²) in [4.78, 5) is 0. The van der Waals surface area contributed by atoms with Gasteiger partial charge in [-0.15, -0.1) is 0 Å². The van der Waals surface area contributed by atoms with Gasteiger partial charge in [-0.3, -0.25) is 0 Å². The maximum Gasteiger partial charge on any atom is 0.162 e. The first-order valence-corrected chi connectivity index (χ1v) is 8.23. The molecule has 0 aromatic heterocycles. The first-order chi connectivity index (χ1) is 9.67. The molecule has 1 aromatic carbocycles. The molecular formula is C16H23BrO3. The molecule has 112 valence electrons. The number of ether oxygens (including phenoxy) is 2. The van der Waals surface area contributed by atoms with Crippen LogP contribution in [0.5, 0.6) is 11.5 Å². The summed E-state index contributed by atoms with van der Waals surface area (Å²) in [5, 5.41) is 10.6. The van der Waals surface area contributed by atoms with Crippen molar-refractivity contribution in [2.24, 2.45) is 5.92 Å². The summed E-state index contributed by atoms with van der Waals surface area (Å²) in [6.45, 7) is 5.08. The Morgan fingerprint density at radius 2 is 1.70 bits per heavy atom. The van der Waals surface area contributed by atoms with Crippen molar-refractivity contribution in [2.75, 3.05) is 13.2 Å². The fraction of sp³-hybridized carbons (Fsp3) is 0.625. The minimum absolute atomic E-state index is 0.360. The summed E-state index contributed by atoms with van der Waals surface area (Å²) in [6.07, 6.45) is 4.21. The van der Waals surface area contributed by atoms with Crippen molar-refractivity contribution in [3.8, 4) is 11.5 Å². The SMILES string of the molecule is CCOc1cc(Br)c(C(O)C2CCCC2)cc1OCC. The zero-order valence-electron chi connectivity index (χ0n) is 12.2. The van der Waals surface area contributed by atoms with Crippen LogP contribution in [-0.2, 0) is 0 Å². The van der Waals surface area contributed by atoms with Gasteiger partial charge in [0.15, 0.2) is 11.5 Å². The molecule has 1 N–H and O–H groups in total. The van der Waals surface area contributed by atoms with Crippen LogP contribution in [-0.4, -0.2) is 18.3 Å². The first kappa shape index (κ1) is 15.6.